The molecule has 2 rings (SSSR count). The lowest BCUT2D eigenvalue weighted by atomic mass is 10.0. The number of fused-ring (bicyclic) bond motifs is 1. The van der Waals surface area contributed by atoms with Crippen molar-refractivity contribution in [2.45, 2.75) is 18.6 Å². The van der Waals surface area contributed by atoms with E-state index in [1.807, 2.05) is 26.1 Å². The van der Waals surface area contributed by atoms with Crippen LogP contribution in [0.25, 0.3) is 11.2 Å². The second-order valence-electron chi connectivity index (χ2n) is 3.56. The average Bonchev–Trinajstić information content (AvgIpc) is 2.47. The Morgan fingerprint density at radius 1 is 1.38 bits per heavy atom. The monoisotopic (exact) mass is 193 g/mol. The highest BCUT2D eigenvalue weighted by Gasteiger charge is 2.15. The summed E-state index contributed by atoms with van der Waals surface area (Å²) in [6.45, 7) is 4.07. The summed E-state index contributed by atoms with van der Waals surface area (Å²) in [5.41, 5.74) is 2.80. The molecular formula is C9H11N3S. The summed E-state index contributed by atoms with van der Waals surface area (Å²) >= 11 is 4.48. The van der Waals surface area contributed by atoms with Gasteiger partial charge in [0.2, 0.25) is 0 Å². The molecule has 2 heterocycles. The Labute approximate surface area is 82.0 Å². The number of thiol groups is 1. The Morgan fingerprint density at radius 3 is 2.85 bits per heavy atom. The molecule has 0 bridgehead atoms. The first-order chi connectivity index (χ1) is 6.07. The minimum absolute atomic E-state index is 0.160. The number of aromatic amines is 1. The van der Waals surface area contributed by atoms with Crippen molar-refractivity contribution >= 4 is 23.8 Å². The van der Waals surface area contributed by atoms with Crippen molar-refractivity contribution in [3.8, 4) is 0 Å². The van der Waals surface area contributed by atoms with Crippen LogP contribution in [0, 0.1) is 0 Å². The molecule has 0 aliphatic heterocycles. The molecule has 13 heavy (non-hydrogen) atoms. The highest BCUT2D eigenvalue weighted by atomic mass is 32.1. The van der Waals surface area contributed by atoms with Gasteiger partial charge in [-0.3, -0.25) is 0 Å². The predicted octanol–water partition coefficient (Wildman–Crippen LogP) is 2.12. The van der Waals surface area contributed by atoms with E-state index in [2.05, 4.69) is 27.6 Å². The molecule has 0 fully saturated rings. The van der Waals surface area contributed by atoms with E-state index in [-0.39, 0.29) is 4.75 Å². The lowest BCUT2D eigenvalue weighted by molar-refractivity contribution is 0.787. The van der Waals surface area contributed by atoms with Crippen molar-refractivity contribution < 1.29 is 0 Å². The van der Waals surface area contributed by atoms with Crippen LogP contribution < -0.4 is 0 Å². The predicted molar refractivity (Wildman–Crippen MR) is 55.9 cm³/mol. The van der Waals surface area contributed by atoms with E-state index in [0.717, 1.165) is 16.7 Å². The van der Waals surface area contributed by atoms with Crippen LogP contribution in [-0.2, 0) is 4.75 Å². The molecule has 4 heteroatoms. The number of rotatable bonds is 1. The summed E-state index contributed by atoms with van der Waals surface area (Å²) in [5, 5.41) is 0. The van der Waals surface area contributed by atoms with Crippen LogP contribution >= 0.6 is 12.6 Å². The van der Waals surface area contributed by atoms with Crippen LogP contribution in [0.2, 0.25) is 0 Å². The highest BCUT2D eigenvalue weighted by molar-refractivity contribution is 7.81. The molecule has 0 saturated heterocycles. The van der Waals surface area contributed by atoms with Crippen LogP contribution in [0.1, 0.15) is 19.4 Å². The van der Waals surface area contributed by atoms with E-state index in [4.69, 9.17) is 0 Å². The molecule has 2 aromatic heterocycles. The lowest BCUT2D eigenvalue weighted by Crippen LogP contribution is -2.07. The van der Waals surface area contributed by atoms with Gasteiger partial charge in [0, 0.05) is 10.9 Å². The van der Waals surface area contributed by atoms with Gasteiger partial charge in [0.05, 0.1) is 11.8 Å². The summed E-state index contributed by atoms with van der Waals surface area (Å²) in [6, 6.07) is 2.03. The zero-order valence-electron chi connectivity index (χ0n) is 7.57. The number of hydrogen-bond acceptors (Lipinski definition) is 3. The third kappa shape index (κ3) is 1.54. The maximum absolute atomic E-state index is 4.48. The van der Waals surface area contributed by atoms with E-state index in [1.165, 1.54) is 0 Å². The topological polar surface area (TPSA) is 41.6 Å². The number of nitrogens with zero attached hydrogens (tertiary/aromatic N) is 2. The van der Waals surface area contributed by atoms with E-state index >= 15 is 0 Å². The maximum atomic E-state index is 4.48. The number of imidazole rings is 1. The molecule has 0 aliphatic carbocycles. The van der Waals surface area contributed by atoms with Gasteiger partial charge in [0.1, 0.15) is 0 Å². The van der Waals surface area contributed by atoms with Gasteiger partial charge in [0.15, 0.2) is 5.65 Å². The van der Waals surface area contributed by atoms with Gasteiger partial charge in [0.25, 0.3) is 0 Å². The third-order valence-electron chi connectivity index (χ3n) is 1.98. The van der Waals surface area contributed by atoms with Crippen molar-refractivity contribution in [2.24, 2.45) is 0 Å². The Hall–Kier alpha value is -1.03. The van der Waals surface area contributed by atoms with Gasteiger partial charge in [-0.05, 0) is 25.5 Å². The fraction of sp³-hybridized carbons (Fsp3) is 0.333. The summed E-state index contributed by atoms with van der Waals surface area (Å²) in [6.07, 6.45) is 3.46. The molecule has 68 valence electrons. The van der Waals surface area contributed by atoms with Crippen molar-refractivity contribution in [1.29, 1.82) is 0 Å². The number of hydrogen-bond donors (Lipinski definition) is 2. The molecule has 0 atom stereocenters. The molecular weight excluding hydrogens is 182 g/mol. The largest absolute Gasteiger partial charge is 0.343 e. The van der Waals surface area contributed by atoms with E-state index in [0.29, 0.717) is 0 Å². The van der Waals surface area contributed by atoms with Gasteiger partial charge in [-0.25, -0.2) is 9.97 Å². The van der Waals surface area contributed by atoms with Crippen LogP contribution in [0.5, 0.6) is 0 Å². The Kier molecular flexibility index (Phi) is 1.80. The quantitative estimate of drug-likeness (QED) is 0.681. The Morgan fingerprint density at radius 2 is 2.15 bits per heavy atom. The summed E-state index contributed by atoms with van der Waals surface area (Å²) < 4.78 is -0.160. The molecule has 1 N–H and O–H groups in total. The van der Waals surface area contributed by atoms with Gasteiger partial charge in [-0.1, -0.05) is 0 Å². The summed E-state index contributed by atoms with van der Waals surface area (Å²) in [4.78, 5) is 11.3. The Balaban J connectivity index is 2.61. The number of pyridine rings is 1. The Bertz CT molecular complexity index is 428. The smallest absolute Gasteiger partial charge is 0.177 e. The molecule has 0 amide bonds. The lowest BCUT2D eigenvalue weighted by Gasteiger charge is -2.16. The maximum Gasteiger partial charge on any atom is 0.177 e. The van der Waals surface area contributed by atoms with Crippen molar-refractivity contribution in [3.05, 3.63) is 24.2 Å². The van der Waals surface area contributed by atoms with Crippen molar-refractivity contribution in [1.82, 2.24) is 15.0 Å². The number of nitrogens with one attached hydrogen (secondary N) is 1. The highest BCUT2D eigenvalue weighted by Crippen LogP contribution is 2.27. The summed E-state index contributed by atoms with van der Waals surface area (Å²) in [7, 11) is 0. The number of aromatic nitrogens is 3. The third-order valence-corrected chi connectivity index (χ3v) is 2.24. The minimum atomic E-state index is -0.160. The first-order valence-electron chi connectivity index (χ1n) is 4.09. The molecule has 0 unspecified atom stereocenters. The first-order valence-corrected chi connectivity index (χ1v) is 4.54. The number of H-pyrrole nitrogens is 1. The average molecular weight is 193 g/mol. The zero-order valence-corrected chi connectivity index (χ0v) is 8.47. The van der Waals surface area contributed by atoms with Crippen molar-refractivity contribution in [3.63, 3.8) is 0 Å². The standard InChI is InChI=1S/C9H11N3S/c1-9(2,13)6-3-7-8(10-4-6)12-5-11-7/h3-5,13H,1-2H3,(H,10,11,12). The second-order valence-corrected chi connectivity index (χ2v) is 4.67. The van der Waals surface area contributed by atoms with Crippen LogP contribution in [0.3, 0.4) is 0 Å². The molecule has 0 spiro atoms. The first kappa shape index (κ1) is 8.56. The van der Waals surface area contributed by atoms with Crippen LogP contribution in [0.4, 0.5) is 0 Å². The van der Waals surface area contributed by atoms with E-state index < -0.39 is 0 Å². The molecule has 3 nitrogen and oxygen atoms in total. The van der Waals surface area contributed by atoms with E-state index in [1.54, 1.807) is 6.33 Å². The summed E-state index contributed by atoms with van der Waals surface area (Å²) in [5.74, 6) is 0. The normalized spacial score (nSPS) is 12.2. The van der Waals surface area contributed by atoms with Gasteiger partial charge in [-0.15, -0.1) is 0 Å². The molecule has 2 aromatic rings. The zero-order chi connectivity index (χ0) is 9.47. The molecule has 0 saturated carbocycles. The van der Waals surface area contributed by atoms with Gasteiger partial charge >= 0.3 is 0 Å². The van der Waals surface area contributed by atoms with Gasteiger partial charge < -0.3 is 4.98 Å². The van der Waals surface area contributed by atoms with Gasteiger partial charge in [-0.2, -0.15) is 12.6 Å². The fourth-order valence-electron chi connectivity index (χ4n) is 1.16. The van der Waals surface area contributed by atoms with Crippen LogP contribution in [-0.4, -0.2) is 15.0 Å². The fourth-order valence-corrected chi connectivity index (χ4v) is 1.29. The molecule has 0 aromatic carbocycles. The van der Waals surface area contributed by atoms with Crippen molar-refractivity contribution in [2.75, 3.05) is 0 Å². The second kappa shape index (κ2) is 2.73. The minimum Gasteiger partial charge on any atom is -0.343 e. The van der Waals surface area contributed by atoms with E-state index in [9.17, 15) is 0 Å². The SMILES string of the molecule is CC(C)(S)c1cnc2nc[nH]c2c1. The van der Waals surface area contributed by atoms with Crippen LogP contribution in [0.15, 0.2) is 18.6 Å². The molecule has 0 radical (unpaired) electrons. The molecule has 0 aliphatic rings.